The molecule has 3 atom stereocenters. The standard InChI is InChI=1S/C55H101NO5/c1-4-7-10-13-16-19-22-25-27-29-32-35-38-41-44-47-53(58)52(50-57)56-54(59)49-51(46-43-40-37-34-31-28-24-21-18-15-12-9-6-3)61-55(60)48-45-42-39-36-33-30-26-23-20-17-14-11-8-5-2/h8,11,17,20-21,24,26,30,51-53,57-58H,4-7,9-10,12-16,18-19,22-23,25,27-29,31-50H2,1-3H3,(H,56,59)/b11-8+,20-17+,24-21-,30-26+. The zero-order valence-corrected chi connectivity index (χ0v) is 40.5. The van der Waals surface area contributed by atoms with Crippen LogP contribution in [0.2, 0.25) is 0 Å². The quantitative estimate of drug-likeness (QED) is 0.0322. The second-order valence-electron chi connectivity index (χ2n) is 17.9. The van der Waals surface area contributed by atoms with E-state index >= 15 is 0 Å². The van der Waals surface area contributed by atoms with Crippen LogP contribution in [0.5, 0.6) is 0 Å². The van der Waals surface area contributed by atoms with Crippen molar-refractivity contribution in [3.63, 3.8) is 0 Å². The van der Waals surface area contributed by atoms with Gasteiger partial charge < -0.3 is 20.3 Å². The van der Waals surface area contributed by atoms with Gasteiger partial charge in [-0.3, -0.25) is 9.59 Å². The average molecular weight is 856 g/mol. The van der Waals surface area contributed by atoms with Crippen LogP contribution in [0.1, 0.15) is 265 Å². The van der Waals surface area contributed by atoms with E-state index in [-0.39, 0.29) is 24.9 Å². The normalized spacial score (nSPS) is 13.6. The maximum Gasteiger partial charge on any atom is 0.306 e. The first kappa shape index (κ1) is 58.8. The molecule has 0 spiro atoms. The number of ether oxygens (including phenoxy) is 1. The summed E-state index contributed by atoms with van der Waals surface area (Å²) in [4.78, 5) is 26.1. The summed E-state index contributed by atoms with van der Waals surface area (Å²) < 4.78 is 5.92. The molecule has 0 fully saturated rings. The predicted molar refractivity (Wildman–Crippen MR) is 264 cm³/mol. The smallest absolute Gasteiger partial charge is 0.306 e. The number of esters is 1. The summed E-state index contributed by atoms with van der Waals surface area (Å²) >= 11 is 0. The number of carbonyl (C=O) groups is 2. The van der Waals surface area contributed by atoms with E-state index in [4.69, 9.17) is 4.74 Å². The fourth-order valence-electron chi connectivity index (χ4n) is 7.91. The minimum absolute atomic E-state index is 0.0634. The van der Waals surface area contributed by atoms with E-state index in [1.807, 2.05) is 0 Å². The van der Waals surface area contributed by atoms with Crippen molar-refractivity contribution >= 4 is 11.9 Å². The number of nitrogens with one attached hydrogen (secondary N) is 1. The van der Waals surface area contributed by atoms with Crippen LogP contribution in [0.25, 0.3) is 0 Å². The first-order valence-corrected chi connectivity index (χ1v) is 26.4. The summed E-state index contributed by atoms with van der Waals surface area (Å²) in [5, 5.41) is 23.8. The van der Waals surface area contributed by atoms with Gasteiger partial charge >= 0.3 is 5.97 Å². The molecule has 0 saturated carbocycles. The maximum atomic E-state index is 13.2. The molecule has 356 valence electrons. The summed E-state index contributed by atoms with van der Waals surface area (Å²) in [5.74, 6) is -0.502. The first-order chi connectivity index (χ1) is 30.0. The van der Waals surface area contributed by atoms with Gasteiger partial charge in [0, 0.05) is 6.42 Å². The number of allylic oxidation sites excluding steroid dienone is 8. The third kappa shape index (κ3) is 44.2. The summed E-state index contributed by atoms with van der Waals surface area (Å²) in [7, 11) is 0. The van der Waals surface area contributed by atoms with E-state index in [2.05, 4.69) is 74.7 Å². The van der Waals surface area contributed by atoms with E-state index < -0.39 is 18.2 Å². The highest BCUT2D eigenvalue weighted by Crippen LogP contribution is 2.18. The fourth-order valence-corrected chi connectivity index (χ4v) is 7.91. The molecular weight excluding hydrogens is 755 g/mol. The SMILES string of the molecule is CC/C=C/C/C=C/C/C=C/CCCCCCC(=O)OC(CCCCCCC/C=C\CCCCCC)CC(=O)NC(CO)C(O)CCCCCCCCCCCCCCCCC. The molecule has 0 rings (SSSR count). The number of carbonyl (C=O) groups excluding carboxylic acids is 2. The van der Waals surface area contributed by atoms with Crippen LogP contribution in [0.15, 0.2) is 48.6 Å². The molecule has 6 heteroatoms. The molecule has 0 radical (unpaired) electrons. The molecule has 0 aromatic rings. The zero-order valence-electron chi connectivity index (χ0n) is 40.5. The molecule has 0 aliphatic carbocycles. The molecule has 0 aliphatic rings. The van der Waals surface area contributed by atoms with Gasteiger partial charge in [-0.25, -0.2) is 0 Å². The molecule has 3 N–H and O–H groups in total. The number of unbranched alkanes of at least 4 members (excludes halogenated alkanes) is 27. The Bertz CT molecular complexity index is 1050. The topological polar surface area (TPSA) is 95.9 Å². The van der Waals surface area contributed by atoms with Gasteiger partial charge in [-0.15, -0.1) is 0 Å². The van der Waals surface area contributed by atoms with Crippen molar-refractivity contribution in [2.24, 2.45) is 0 Å². The highest BCUT2D eigenvalue weighted by atomic mass is 16.5. The lowest BCUT2D eigenvalue weighted by Crippen LogP contribution is -2.46. The average Bonchev–Trinajstić information content (AvgIpc) is 3.25. The largest absolute Gasteiger partial charge is 0.462 e. The molecular formula is C55H101NO5. The summed E-state index contributed by atoms with van der Waals surface area (Å²) in [6.07, 6.45) is 58.8. The number of hydrogen-bond donors (Lipinski definition) is 3. The van der Waals surface area contributed by atoms with Crippen LogP contribution in [-0.2, 0) is 14.3 Å². The Morgan fingerprint density at radius 2 is 0.885 bits per heavy atom. The van der Waals surface area contributed by atoms with Crippen LogP contribution in [0, 0.1) is 0 Å². The van der Waals surface area contributed by atoms with E-state index in [0.717, 1.165) is 96.3 Å². The molecule has 1 amide bonds. The van der Waals surface area contributed by atoms with Crippen molar-refractivity contribution in [2.75, 3.05) is 6.61 Å². The van der Waals surface area contributed by atoms with Gasteiger partial charge in [-0.05, 0) is 83.5 Å². The Labute approximate surface area is 378 Å². The Balaban J connectivity index is 4.58. The second-order valence-corrected chi connectivity index (χ2v) is 17.9. The molecule has 0 saturated heterocycles. The third-order valence-electron chi connectivity index (χ3n) is 11.9. The lowest BCUT2D eigenvalue weighted by molar-refractivity contribution is -0.151. The first-order valence-electron chi connectivity index (χ1n) is 26.4. The molecule has 0 bridgehead atoms. The lowest BCUT2D eigenvalue weighted by atomic mass is 10.0. The Hall–Kier alpha value is -2.18. The maximum absolute atomic E-state index is 13.2. The second kappa shape index (κ2) is 48.8. The molecule has 0 aromatic heterocycles. The Morgan fingerprint density at radius 1 is 0.492 bits per heavy atom. The Kier molecular flexibility index (Phi) is 47.1. The molecule has 0 aliphatic heterocycles. The minimum atomic E-state index is -0.793. The number of amides is 1. The van der Waals surface area contributed by atoms with Gasteiger partial charge in [0.05, 0.1) is 25.2 Å². The van der Waals surface area contributed by atoms with Crippen LogP contribution < -0.4 is 5.32 Å². The van der Waals surface area contributed by atoms with Gasteiger partial charge in [-0.2, -0.15) is 0 Å². The molecule has 3 unspecified atom stereocenters. The number of hydrogen-bond acceptors (Lipinski definition) is 5. The summed E-state index contributed by atoms with van der Waals surface area (Å²) in [6, 6.07) is -0.708. The van der Waals surface area contributed by atoms with Crippen molar-refractivity contribution in [1.29, 1.82) is 0 Å². The van der Waals surface area contributed by atoms with Gasteiger partial charge in [-0.1, -0.05) is 217 Å². The van der Waals surface area contributed by atoms with E-state index in [1.165, 1.54) is 122 Å². The van der Waals surface area contributed by atoms with Gasteiger partial charge in [0.1, 0.15) is 6.10 Å². The van der Waals surface area contributed by atoms with Crippen LogP contribution in [-0.4, -0.2) is 46.9 Å². The van der Waals surface area contributed by atoms with Crippen molar-refractivity contribution in [3.05, 3.63) is 48.6 Å². The zero-order chi connectivity index (χ0) is 44.5. The van der Waals surface area contributed by atoms with E-state index in [0.29, 0.717) is 19.3 Å². The highest BCUT2D eigenvalue weighted by molar-refractivity contribution is 5.77. The van der Waals surface area contributed by atoms with E-state index in [9.17, 15) is 19.8 Å². The van der Waals surface area contributed by atoms with Crippen LogP contribution >= 0.6 is 0 Å². The van der Waals surface area contributed by atoms with Crippen LogP contribution in [0.3, 0.4) is 0 Å². The van der Waals surface area contributed by atoms with Crippen molar-refractivity contribution < 1.29 is 24.5 Å². The fraction of sp³-hybridized carbons (Fsp3) is 0.818. The van der Waals surface area contributed by atoms with Crippen molar-refractivity contribution in [2.45, 2.75) is 283 Å². The number of aliphatic hydroxyl groups is 2. The molecule has 6 nitrogen and oxygen atoms in total. The molecule has 61 heavy (non-hydrogen) atoms. The lowest BCUT2D eigenvalue weighted by Gasteiger charge is -2.24. The summed E-state index contributed by atoms with van der Waals surface area (Å²) in [5.41, 5.74) is 0. The number of aliphatic hydroxyl groups excluding tert-OH is 2. The predicted octanol–water partition coefficient (Wildman–Crippen LogP) is 15.8. The monoisotopic (exact) mass is 856 g/mol. The van der Waals surface area contributed by atoms with Crippen molar-refractivity contribution in [1.82, 2.24) is 5.32 Å². The van der Waals surface area contributed by atoms with Gasteiger partial charge in [0.15, 0.2) is 0 Å². The Morgan fingerprint density at radius 3 is 1.38 bits per heavy atom. The minimum Gasteiger partial charge on any atom is -0.462 e. The molecule has 0 heterocycles. The van der Waals surface area contributed by atoms with Gasteiger partial charge in [0.25, 0.3) is 0 Å². The van der Waals surface area contributed by atoms with Crippen molar-refractivity contribution in [3.8, 4) is 0 Å². The van der Waals surface area contributed by atoms with Gasteiger partial charge in [0.2, 0.25) is 5.91 Å². The van der Waals surface area contributed by atoms with E-state index in [1.54, 1.807) is 0 Å². The number of rotatable bonds is 47. The third-order valence-corrected chi connectivity index (χ3v) is 11.9. The van der Waals surface area contributed by atoms with Crippen LogP contribution in [0.4, 0.5) is 0 Å². The highest BCUT2D eigenvalue weighted by Gasteiger charge is 2.24. The summed E-state index contributed by atoms with van der Waals surface area (Å²) in [6.45, 7) is 6.36. The molecule has 0 aromatic carbocycles.